The lowest BCUT2D eigenvalue weighted by molar-refractivity contribution is -0.142. The summed E-state index contributed by atoms with van der Waals surface area (Å²) in [6, 6.07) is 8.30. The number of ketones is 3. The second kappa shape index (κ2) is 30.1. The van der Waals surface area contributed by atoms with Gasteiger partial charge in [-0.05, 0) is 92.9 Å². The first kappa shape index (κ1) is 64.0. The standard InChI is InChI=1S/C60H81F2N7O11/c1-37(2)44(33-42(71)20-12-9-15-29-68-52(74)26-27-53(68)75)58(78)64-38(3)57(77)66-48(59(79)80)22-13-8-14-23-50(72)43-21-16-19-40(43)31-51(73)47(63)28-30-69(54(76)36-70)55(60(4,5)6)56-65-49(45-32-41(61)24-25-46(45)62)35-67(56)34-39-17-10-7-11-18-39/h7,10-11,17-18,24-27,32,35,37-38,40,43-44,47-48,55,70H,8-9,12-16,19-23,28-31,33-34,36,63H2,1-6H3,(H,64,78)(H,66,77)(H,79,80)/t38-,40-,43-,44-,47-,48-,55-/m0/s1. The van der Waals surface area contributed by atoms with Crippen LogP contribution in [0.4, 0.5) is 8.78 Å². The lowest BCUT2D eigenvalue weighted by Crippen LogP contribution is -2.51. The summed E-state index contributed by atoms with van der Waals surface area (Å²) in [5.41, 5.74) is 6.78. The van der Waals surface area contributed by atoms with E-state index in [0.717, 1.165) is 35.1 Å². The van der Waals surface area contributed by atoms with Crippen LogP contribution in [0, 0.1) is 40.7 Å². The molecule has 5 amide bonds. The smallest absolute Gasteiger partial charge is 0.326 e. The Labute approximate surface area is 467 Å². The van der Waals surface area contributed by atoms with Gasteiger partial charge in [0.2, 0.25) is 17.7 Å². The molecule has 20 heteroatoms. The van der Waals surface area contributed by atoms with Gasteiger partial charge in [-0.1, -0.05) is 90.6 Å². The third-order valence-electron chi connectivity index (χ3n) is 15.3. The normalized spacial score (nSPS) is 17.3. The monoisotopic (exact) mass is 1110 g/mol. The molecule has 2 aliphatic rings. The number of nitrogens with two attached hydrogens (primary N) is 1. The number of aliphatic hydroxyl groups excluding tert-OH is 1. The van der Waals surface area contributed by atoms with E-state index in [9.17, 15) is 57.8 Å². The number of imide groups is 1. The van der Waals surface area contributed by atoms with Crippen molar-refractivity contribution < 1.29 is 62.1 Å². The molecule has 1 fully saturated rings. The molecule has 5 rings (SSSR count). The number of imidazole rings is 1. The summed E-state index contributed by atoms with van der Waals surface area (Å²) in [7, 11) is 0. The molecule has 1 aromatic heterocycles. The van der Waals surface area contributed by atoms with E-state index in [4.69, 9.17) is 10.7 Å². The van der Waals surface area contributed by atoms with Gasteiger partial charge in [-0.25, -0.2) is 18.6 Å². The van der Waals surface area contributed by atoms with Crippen molar-refractivity contribution in [3.05, 3.63) is 89.9 Å². The van der Waals surface area contributed by atoms with Gasteiger partial charge in [0.15, 0.2) is 0 Å². The molecule has 0 bridgehead atoms. The molecule has 0 spiro atoms. The minimum atomic E-state index is -1.26. The maximum atomic E-state index is 15.2. The average molecular weight is 1110 g/mol. The highest BCUT2D eigenvalue weighted by Crippen LogP contribution is 2.40. The van der Waals surface area contributed by atoms with Gasteiger partial charge in [0.05, 0.1) is 17.8 Å². The molecule has 0 radical (unpaired) electrons. The zero-order valence-corrected chi connectivity index (χ0v) is 47.1. The van der Waals surface area contributed by atoms with Crippen LogP contribution >= 0.6 is 0 Å². The van der Waals surface area contributed by atoms with Crippen LogP contribution < -0.4 is 16.4 Å². The lowest BCUT2D eigenvalue weighted by atomic mass is 9.83. The number of hydrogen-bond donors (Lipinski definition) is 5. The Morgan fingerprint density at radius 2 is 1.52 bits per heavy atom. The van der Waals surface area contributed by atoms with Crippen LogP contribution in [0.2, 0.25) is 0 Å². The number of benzene rings is 2. The van der Waals surface area contributed by atoms with Gasteiger partial charge in [0.1, 0.15) is 53.5 Å². The van der Waals surface area contributed by atoms with E-state index in [-0.39, 0.29) is 116 Å². The van der Waals surface area contributed by atoms with E-state index in [0.29, 0.717) is 57.2 Å². The van der Waals surface area contributed by atoms with Gasteiger partial charge in [0, 0.05) is 81.1 Å². The number of carbonyl (C=O) groups excluding carboxylic acids is 8. The number of carboxylic acids is 1. The van der Waals surface area contributed by atoms with Gasteiger partial charge in [0.25, 0.3) is 11.8 Å². The fourth-order valence-corrected chi connectivity index (χ4v) is 10.8. The van der Waals surface area contributed by atoms with Gasteiger partial charge < -0.3 is 36.0 Å². The van der Waals surface area contributed by atoms with Crippen molar-refractivity contribution in [3.63, 3.8) is 0 Å². The molecule has 436 valence electrons. The number of amides is 5. The zero-order chi connectivity index (χ0) is 58.8. The summed E-state index contributed by atoms with van der Waals surface area (Å²) >= 11 is 0. The minimum Gasteiger partial charge on any atom is -0.480 e. The maximum Gasteiger partial charge on any atom is 0.326 e. The summed E-state index contributed by atoms with van der Waals surface area (Å²) in [5.74, 6) is -6.78. The lowest BCUT2D eigenvalue weighted by Gasteiger charge is -2.40. The summed E-state index contributed by atoms with van der Waals surface area (Å²) < 4.78 is 31.4. The molecule has 80 heavy (non-hydrogen) atoms. The average Bonchev–Trinajstić information content (AvgIpc) is 4.19. The number of carbonyl (C=O) groups is 9. The fraction of sp³-hybridized carbons (Fsp3) is 0.567. The number of carboxylic acid groups (broad SMARTS) is 1. The summed E-state index contributed by atoms with van der Waals surface area (Å²) in [4.78, 5) is 123. The van der Waals surface area contributed by atoms with Crippen LogP contribution in [-0.4, -0.2) is 120 Å². The number of Topliss-reactive ketones (excluding diaryl/α,β-unsaturated/α-hetero) is 3. The second-order valence-electron chi connectivity index (χ2n) is 22.9. The number of halogens is 2. The number of rotatable bonds is 33. The number of unbranched alkanes of at least 4 members (excludes halogenated alkanes) is 4. The molecule has 18 nitrogen and oxygen atoms in total. The van der Waals surface area contributed by atoms with Crippen molar-refractivity contribution in [2.24, 2.45) is 34.8 Å². The molecule has 2 heterocycles. The third kappa shape index (κ3) is 18.4. The van der Waals surface area contributed by atoms with Crippen LogP contribution in [-0.2, 0) is 49.7 Å². The van der Waals surface area contributed by atoms with E-state index in [1.54, 1.807) is 24.6 Å². The molecule has 1 aliphatic heterocycles. The van der Waals surface area contributed by atoms with Crippen molar-refractivity contribution in [2.45, 2.75) is 169 Å². The number of aliphatic hydroxyl groups is 1. The molecule has 1 saturated carbocycles. The number of nitrogens with zero attached hydrogens (tertiary/aromatic N) is 4. The number of hydrogen-bond acceptors (Lipinski definition) is 12. The maximum absolute atomic E-state index is 15.2. The van der Waals surface area contributed by atoms with Crippen molar-refractivity contribution in [2.75, 3.05) is 19.7 Å². The Balaban J connectivity index is 1.09. The molecule has 1 aliphatic carbocycles. The summed E-state index contributed by atoms with van der Waals surface area (Å²) in [6.45, 7) is 10.3. The SMILES string of the molecule is CC(C)[C@H](CC(=O)CCCCCN1C(=O)C=CC1=O)C(=O)N[C@@H](C)C(=O)N[C@@H](CCCCCC(=O)[C@H]1CCC[C@H]1CC(=O)[C@@H](N)CCN(C(=O)CO)[C@@H](c1nc(-c2cc(F)ccc2F)cn1Cc1ccccc1)C(C)(C)C)C(=O)O. The summed E-state index contributed by atoms with van der Waals surface area (Å²) in [6.07, 6.45) is 9.59. The predicted octanol–water partition coefficient (Wildman–Crippen LogP) is 7.19. The Morgan fingerprint density at radius 1 is 0.850 bits per heavy atom. The van der Waals surface area contributed by atoms with Crippen molar-refractivity contribution in [1.29, 1.82) is 0 Å². The predicted molar refractivity (Wildman–Crippen MR) is 295 cm³/mol. The van der Waals surface area contributed by atoms with Crippen LogP contribution in [0.5, 0.6) is 0 Å². The molecule has 2 aromatic carbocycles. The molecule has 6 N–H and O–H groups in total. The molecule has 3 aromatic rings. The van der Waals surface area contributed by atoms with E-state index < -0.39 is 77.4 Å². The molecule has 0 saturated heterocycles. The van der Waals surface area contributed by atoms with E-state index >= 15 is 4.39 Å². The fourth-order valence-electron chi connectivity index (χ4n) is 10.8. The Kier molecular flexibility index (Phi) is 24.1. The second-order valence-corrected chi connectivity index (χ2v) is 22.9. The highest BCUT2D eigenvalue weighted by atomic mass is 19.1. The topological polar surface area (TPSA) is 268 Å². The number of aromatic nitrogens is 2. The minimum absolute atomic E-state index is 0.00233. The molecular weight excluding hydrogens is 1030 g/mol. The quantitative estimate of drug-likeness (QED) is 0.0299. The van der Waals surface area contributed by atoms with Gasteiger partial charge in [-0.3, -0.25) is 43.3 Å². The molecule has 0 unspecified atom stereocenters. The Bertz CT molecular complexity index is 2690. The number of nitrogens with one attached hydrogen (secondary N) is 2. The first-order valence-corrected chi connectivity index (χ1v) is 28.1. The highest BCUT2D eigenvalue weighted by molar-refractivity contribution is 6.12. The van der Waals surface area contributed by atoms with Crippen LogP contribution in [0.3, 0.4) is 0 Å². The Hall–Kier alpha value is -6.80. The van der Waals surface area contributed by atoms with Gasteiger partial charge in [-0.15, -0.1) is 0 Å². The van der Waals surface area contributed by atoms with Crippen LogP contribution in [0.15, 0.2) is 66.9 Å². The Morgan fingerprint density at radius 3 is 2.17 bits per heavy atom. The van der Waals surface area contributed by atoms with Crippen LogP contribution in [0.1, 0.15) is 155 Å². The van der Waals surface area contributed by atoms with E-state index in [1.165, 1.54) is 24.0 Å². The molecule has 7 atom stereocenters. The first-order valence-electron chi connectivity index (χ1n) is 28.1. The van der Waals surface area contributed by atoms with Crippen molar-refractivity contribution >= 4 is 52.9 Å². The third-order valence-corrected chi connectivity index (χ3v) is 15.3. The van der Waals surface area contributed by atoms with Crippen LogP contribution in [0.25, 0.3) is 11.3 Å². The van der Waals surface area contributed by atoms with Crippen molar-refractivity contribution in [1.82, 2.24) is 30.0 Å². The van der Waals surface area contributed by atoms with Gasteiger partial charge in [-0.2, -0.15) is 0 Å². The number of aliphatic carboxylic acids is 1. The largest absolute Gasteiger partial charge is 0.480 e. The van der Waals surface area contributed by atoms with E-state index in [1.807, 2.05) is 51.1 Å². The molecular formula is C60H81F2N7O11. The highest BCUT2D eigenvalue weighted by Gasteiger charge is 2.40. The first-order chi connectivity index (χ1) is 37.9. The zero-order valence-electron chi connectivity index (χ0n) is 47.1. The summed E-state index contributed by atoms with van der Waals surface area (Å²) in [5, 5.41) is 25.3. The van der Waals surface area contributed by atoms with Gasteiger partial charge >= 0.3 is 5.97 Å². The van der Waals surface area contributed by atoms with E-state index in [2.05, 4.69) is 10.6 Å². The van der Waals surface area contributed by atoms with Crippen molar-refractivity contribution in [3.8, 4) is 11.3 Å².